The Kier molecular flexibility index (Phi) is 3.02. The molecule has 1 aromatic carbocycles. The minimum absolute atomic E-state index is 0.162. The van der Waals surface area contributed by atoms with Crippen molar-refractivity contribution in [2.24, 2.45) is 0 Å². The average Bonchev–Trinajstić information content (AvgIpc) is 2.27. The summed E-state index contributed by atoms with van der Waals surface area (Å²) in [7, 11) is 0. The maximum absolute atomic E-state index is 12.7. The first-order valence-electron chi connectivity index (χ1n) is 5.32. The van der Waals surface area contributed by atoms with Crippen LogP contribution in [0.2, 0.25) is 0 Å². The van der Waals surface area contributed by atoms with Crippen LogP contribution in [-0.4, -0.2) is 11.6 Å². The van der Waals surface area contributed by atoms with Crippen LogP contribution in [0.25, 0.3) is 10.9 Å². The van der Waals surface area contributed by atoms with Gasteiger partial charge in [-0.25, -0.2) is 4.98 Å². The molecule has 0 radical (unpaired) electrons. The minimum Gasteiger partial charge on any atom is -0.493 e. The third-order valence-electron chi connectivity index (χ3n) is 2.39. The van der Waals surface area contributed by atoms with Crippen LogP contribution < -0.4 is 10.5 Å². The van der Waals surface area contributed by atoms with Crippen LogP contribution in [0.4, 0.5) is 18.9 Å². The fourth-order valence-corrected chi connectivity index (χ4v) is 1.63. The predicted octanol–water partition coefficient (Wildman–Crippen LogP) is 3.23. The third-order valence-corrected chi connectivity index (χ3v) is 2.39. The molecule has 0 aliphatic heterocycles. The van der Waals surface area contributed by atoms with E-state index in [2.05, 4.69) is 4.98 Å². The molecular weight excluding hydrogens is 245 g/mol. The van der Waals surface area contributed by atoms with Gasteiger partial charge in [0.2, 0.25) is 0 Å². The first-order valence-corrected chi connectivity index (χ1v) is 5.32. The van der Waals surface area contributed by atoms with Gasteiger partial charge in [-0.2, -0.15) is 13.2 Å². The SMILES string of the molecule is CCOc1cc(C(F)(F)F)nc2cc(N)ccc12. The second-order valence-corrected chi connectivity index (χ2v) is 3.71. The van der Waals surface area contributed by atoms with Crippen molar-refractivity contribution >= 4 is 16.6 Å². The summed E-state index contributed by atoms with van der Waals surface area (Å²) in [6, 6.07) is 5.50. The van der Waals surface area contributed by atoms with E-state index in [1.807, 2.05) is 0 Å². The molecule has 0 saturated carbocycles. The number of rotatable bonds is 2. The van der Waals surface area contributed by atoms with Gasteiger partial charge in [0.05, 0.1) is 12.1 Å². The number of fused-ring (bicyclic) bond motifs is 1. The summed E-state index contributed by atoms with van der Waals surface area (Å²) in [5.41, 5.74) is 5.10. The van der Waals surface area contributed by atoms with Crippen LogP contribution in [0, 0.1) is 0 Å². The Hall–Kier alpha value is -1.98. The fraction of sp³-hybridized carbons (Fsp3) is 0.250. The number of aromatic nitrogens is 1. The maximum atomic E-state index is 12.7. The molecule has 0 bridgehead atoms. The maximum Gasteiger partial charge on any atom is 0.433 e. The third kappa shape index (κ3) is 2.32. The molecule has 0 aliphatic rings. The fourth-order valence-electron chi connectivity index (χ4n) is 1.63. The van der Waals surface area contributed by atoms with Gasteiger partial charge < -0.3 is 10.5 Å². The van der Waals surface area contributed by atoms with Crippen molar-refractivity contribution in [3.8, 4) is 5.75 Å². The molecule has 0 amide bonds. The number of halogens is 3. The van der Waals surface area contributed by atoms with Gasteiger partial charge in [-0.3, -0.25) is 0 Å². The Labute approximate surface area is 101 Å². The van der Waals surface area contributed by atoms with Gasteiger partial charge in [-0.05, 0) is 25.1 Å². The summed E-state index contributed by atoms with van der Waals surface area (Å²) < 4.78 is 43.3. The monoisotopic (exact) mass is 256 g/mol. The van der Waals surface area contributed by atoms with E-state index < -0.39 is 11.9 Å². The van der Waals surface area contributed by atoms with Gasteiger partial charge in [-0.15, -0.1) is 0 Å². The van der Waals surface area contributed by atoms with Crippen LogP contribution in [0.5, 0.6) is 5.75 Å². The number of ether oxygens (including phenoxy) is 1. The number of pyridine rings is 1. The quantitative estimate of drug-likeness (QED) is 0.839. The number of anilines is 1. The molecule has 0 fully saturated rings. The summed E-state index contributed by atoms with van der Waals surface area (Å²) in [6.07, 6.45) is -4.51. The summed E-state index contributed by atoms with van der Waals surface area (Å²) in [5.74, 6) is 0.162. The van der Waals surface area contributed by atoms with E-state index >= 15 is 0 Å². The first kappa shape index (κ1) is 12.5. The average molecular weight is 256 g/mol. The smallest absolute Gasteiger partial charge is 0.433 e. The molecule has 2 N–H and O–H groups in total. The van der Waals surface area contributed by atoms with E-state index in [9.17, 15) is 13.2 Å². The molecule has 6 heteroatoms. The lowest BCUT2D eigenvalue weighted by atomic mass is 10.1. The Morgan fingerprint density at radius 3 is 2.61 bits per heavy atom. The zero-order valence-electron chi connectivity index (χ0n) is 9.58. The van der Waals surface area contributed by atoms with Crippen LogP contribution in [0.3, 0.4) is 0 Å². The Morgan fingerprint density at radius 2 is 2.00 bits per heavy atom. The number of nitrogens with two attached hydrogens (primary N) is 1. The summed E-state index contributed by atoms with van der Waals surface area (Å²) in [6.45, 7) is 1.98. The van der Waals surface area contributed by atoms with Crippen molar-refractivity contribution < 1.29 is 17.9 Å². The second-order valence-electron chi connectivity index (χ2n) is 3.71. The summed E-state index contributed by atoms with van der Waals surface area (Å²) in [4.78, 5) is 3.57. The number of alkyl halides is 3. The molecule has 2 rings (SSSR count). The highest BCUT2D eigenvalue weighted by molar-refractivity contribution is 5.87. The Bertz CT molecular complexity index is 581. The molecule has 3 nitrogen and oxygen atoms in total. The molecule has 0 unspecified atom stereocenters. The van der Waals surface area contributed by atoms with E-state index in [4.69, 9.17) is 10.5 Å². The van der Waals surface area contributed by atoms with Gasteiger partial charge in [0.15, 0.2) is 0 Å². The number of nitrogen functional groups attached to an aromatic ring is 1. The van der Waals surface area contributed by atoms with Crippen LogP contribution in [0.15, 0.2) is 24.3 Å². The molecule has 1 heterocycles. The second kappa shape index (κ2) is 4.36. The van der Waals surface area contributed by atoms with Gasteiger partial charge in [0.1, 0.15) is 11.4 Å². The van der Waals surface area contributed by atoms with Gasteiger partial charge in [0.25, 0.3) is 0 Å². The van der Waals surface area contributed by atoms with E-state index in [0.717, 1.165) is 6.07 Å². The van der Waals surface area contributed by atoms with Crippen molar-refractivity contribution in [3.05, 3.63) is 30.0 Å². The zero-order chi connectivity index (χ0) is 13.3. The number of hydrogen-bond donors (Lipinski definition) is 1. The van der Waals surface area contributed by atoms with Crippen molar-refractivity contribution in [2.75, 3.05) is 12.3 Å². The number of benzene rings is 1. The normalized spacial score (nSPS) is 11.8. The highest BCUT2D eigenvalue weighted by Gasteiger charge is 2.33. The summed E-state index contributed by atoms with van der Waals surface area (Å²) in [5, 5.41) is 0.513. The lowest BCUT2D eigenvalue weighted by Crippen LogP contribution is -2.09. The molecule has 0 atom stereocenters. The van der Waals surface area contributed by atoms with Crippen molar-refractivity contribution in [1.29, 1.82) is 0 Å². The molecule has 1 aromatic heterocycles. The first-order chi connectivity index (χ1) is 8.41. The van der Waals surface area contributed by atoms with E-state index in [-0.39, 0.29) is 17.9 Å². The van der Waals surface area contributed by atoms with Gasteiger partial charge in [0, 0.05) is 17.1 Å². The van der Waals surface area contributed by atoms with Crippen LogP contribution in [-0.2, 0) is 6.18 Å². The predicted molar refractivity (Wildman–Crippen MR) is 62.3 cm³/mol. The lowest BCUT2D eigenvalue weighted by molar-refractivity contribution is -0.141. The number of nitrogens with zero attached hydrogens (tertiary/aromatic N) is 1. The van der Waals surface area contributed by atoms with Gasteiger partial charge >= 0.3 is 6.18 Å². The molecule has 0 saturated heterocycles. The largest absolute Gasteiger partial charge is 0.493 e. The van der Waals surface area contributed by atoms with Crippen LogP contribution in [0.1, 0.15) is 12.6 Å². The zero-order valence-corrected chi connectivity index (χ0v) is 9.58. The Morgan fingerprint density at radius 1 is 1.28 bits per heavy atom. The highest BCUT2D eigenvalue weighted by Crippen LogP contribution is 2.34. The van der Waals surface area contributed by atoms with Crippen molar-refractivity contribution in [2.45, 2.75) is 13.1 Å². The van der Waals surface area contributed by atoms with Gasteiger partial charge in [-0.1, -0.05) is 0 Å². The molecule has 2 aromatic rings. The highest BCUT2D eigenvalue weighted by atomic mass is 19.4. The molecule has 0 spiro atoms. The van der Waals surface area contributed by atoms with E-state index in [1.165, 1.54) is 6.07 Å². The molecule has 18 heavy (non-hydrogen) atoms. The Balaban J connectivity index is 2.70. The minimum atomic E-state index is -4.51. The standard InChI is InChI=1S/C12H11F3N2O/c1-2-18-10-6-11(12(13,14)15)17-9-5-7(16)3-4-8(9)10/h3-6H,2,16H2,1H3. The van der Waals surface area contributed by atoms with E-state index in [0.29, 0.717) is 11.1 Å². The topological polar surface area (TPSA) is 48.1 Å². The lowest BCUT2D eigenvalue weighted by Gasteiger charge is -2.12. The summed E-state index contributed by atoms with van der Waals surface area (Å²) >= 11 is 0. The molecular formula is C12H11F3N2O. The van der Waals surface area contributed by atoms with Crippen molar-refractivity contribution in [1.82, 2.24) is 4.98 Å². The van der Waals surface area contributed by atoms with E-state index in [1.54, 1.807) is 19.1 Å². The molecule has 0 aliphatic carbocycles. The van der Waals surface area contributed by atoms with Crippen LogP contribution >= 0.6 is 0 Å². The number of hydrogen-bond acceptors (Lipinski definition) is 3. The molecule has 96 valence electrons. The van der Waals surface area contributed by atoms with Crippen molar-refractivity contribution in [3.63, 3.8) is 0 Å².